The zero-order chi connectivity index (χ0) is 21.5. The molecule has 0 unspecified atom stereocenters. The number of carbonyl (C=O) groups is 3. The topological polar surface area (TPSA) is 51.2 Å². The molecule has 1 aromatic carbocycles. The zero-order valence-electron chi connectivity index (χ0n) is 18.4. The summed E-state index contributed by atoms with van der Waals surface area (Å²) in [6.07, 6.45) is 8.30. The van der Waals surface area contributed by atoms with Gasteiger partial charge in [0.1, 0.15) is 22.8 Å². The summed E-state index contributed by atoms with van der Waals surface area (Å²) < 4.78 is 0. The minimum absolute atomic E-state index is 0.0675. The van der Waals surface area contributed by atoms with Crippen LogP contribution in [0.15, 0.2) is 41.5 Å². The molecule has 0 saturated carbocycles. The molecule has 0 radical (unpaired) electrons. The molecule has 1 aromatic rings. The van der Waals surface area contributed by atoms with Crippen molar-refractivity contribution in [2.24, 2.45) is 0 Å². The Bertz CT molecular complexity index is 795. The minimum atomic E-state index is -1.33. The first-order valence-electron chi connectivity index (χ1n) is 10.00. The number of rotatable bonds is 6. The van der Waals surface area contributed by atoms with E-state index in [9.17, 15) is 14.4 Å². The predicted octanol–water partition coefficient (Wildman–Crippen LogP) is 5.76. The van der Waals surface area contributed by atoms with Crippen molar-refractivity contribution in [1.82, 2.24) is 0 Å². The van der Waals surface area contributed by atoms with Crippen LogP contribution in [0.4, 0.5) is 0 Å². The van der Waals surface area contributed by atoms with E-state index < -0.39 is 5.41 Å². The second-order valence-corrected chi connectivity index (χ2v) is 7.88. The molecule has 0 atom stereocenters. The number of aryl methyl sites for hydroxylation is 2. The Labute approximate surface area is 169 Å². The largest absolute Gasteiger partial charge is 0.300 e. The third-order valence-corrected chi connectivity index (χ3v) is 5.35. The Hall–Kier alpha value is -2.29. The first kappa shape index (κ1) is 23.7. The Kier molecular flexibility index (Phi) is 8.74. The molecule has 0 aliphatic heterocycles. The highest BCUT2D eigenvalue weighted by atomic mass is 16.2. The summed E-state index contributed by atoms with van der Waals surface area (Å²) in [5.74, 6) is -0.709. The second kappa shape index (κ2) is 10.3. The molecule has 0 N–H and O–H groups in total. The van der Waals surface area contributed by atoms with Crippen LogP contribution in [0.5, 0.6) is 0 Å². The lowest BCUT2D eigenvalue weighted by molar-refractivity contribution is -0.136. The van der Waals surface area contributed by atoms with E-state index in [1.165, 1.54) is 51.2 Å². The van der Waals surface area contributed by atoms with Crippen LogP contribution in [0.2, 0.25) is 0 Å². The van der Waals surface area contributed by atoms with Gasteiger partial charge in [0, 0.05) is 6.42 Å². The Balaban J connectivity index is 0.000000362. The van der Waals surface area contributed by atoms with Gasteiger partial charge in [0.2, 0.25) is 0 Å². The highest BCUT2D eigenvalue weighted by molar-refractivity contribution is 6.13. The van der Waals surface area contributed by atoms with Crippen LogP contribution in [-0.4, -0.2) is 17.3 Å². The molecule has 2 rings (SSSR count). The summed E-state index contributed by atoms with van der Waals surface area (Å²) in [4.78, 5) is 35.8. The van der Waals surface area contributed by atoms with Crippen LogP contribution >= 0.6 is 0 Å². The smallest absolute Gasteiger partial charge is 0.148 e. The Morgan fingerprint density at radius 3 is 2.04 bits per heavy atom. The average Bonchev–Trinajstić information content (AvgIpc) is 2.61. The fourth-order valence-electron chi connectivity index (χ4n) is 3.72. The van der Waals surface area contributed by atoms with Gasteiger partial charge in [-0.2, -0.15) is 0 Å². The molecule has 28 heavy (non-hydrogen) atoms. The molecule has 0 saturated heterocycles. The molecule has 0 aromatic heterocycles. The van der Waals surface area contributed by atoms with Crippen LogP contribution < -0.4 is 0 Å². The van der Waals surface area contributed by atoms with Crippen LogP contribution in [-0.2, 0) is 19.8 Å². The number of Topliss-reactive ketones (excluding diaryl/α,β-unsaturated/α-hetero) is 3. The van der Waals surface area contributed by atoms with Crippen LogP contribution in [0.1, 0.15) is 77.0 Å². The van der Waals surface area contributed by atoms with Crippen LogP contribution in [0.25, 0.3) is 0 Å². The minimum Gasteiger partial charge on any atom is -0.300 e. The number of hydrogen-bond donors (Lipinski definition) is 0. The predicted molar refractivity (Wildman–Crippen MR) is 116 cm³/mol. The molecule has 0 heterocycles. The number of carbonyl (C=O) groups excluding carboxylic acids is 3. The van der Waals surface area contributed by atoms with Crippen molar-refractivity contribution in [2.75, 3.05) is 0 Å². The zero-order valence-corrected chi connectivity index (χ0v) is 18.4. The van der Waals surface area contributed by atoms with Gasteiger partial charge < -0.3 is 0 Å². The fourth-order valence-corrected chi connectivity index (χ4v) is 3.72. The molecule has 0 fully saturated rings. The molecule has 3 heteroatoms. The van der Waals surface area contributed by atoms with Gasteiger partial charge in [0.15, 0.2) is 0 Å². The van der Waals surface area contributed by atoms with Gasteiger partial charge in [-0.05, 0) is 71.9 Å². The first-order chi connectivity index (χ1) is 13.0. The van der Waals surface area contributed by atoms with Gasteiger partial charge in [-0.1, -0.05) is 54.0 Å². The van der Waals surface area contributed by atoms with E-state index in [4.69, 9.17) is 0 Å². The highest BCUT2D eigenvalue weighted by Gasteiger charge is 2.44. The van der Waals surface area contributed by atoms with Crippen LogP contribution in [0.3, 0.4) is 0 Å². The van der Waals surface area contributed by atoms with E-state index in [-0.39, 0.29) is 23.8 Å². The maximum absolute atomic E-state index is 12.1. The second-order valence-electron chi connectivity index (χ2n) is 7.88. The molecule has 0 amide bonds. The van der Waals surface area contributed by atoms with Crippen molar-refractivity contribution in [2.45, 2.75) is 79.6 Å². The quantitative estimate of drug-likeness (QED) is 0.588. The molecule has 1 aliphatic carbocycles. The summed E-state index contributed by atoms with van der Waals surface area (Å²) in [5.41, 5.74) is 4.20. The highest BCUT2D eigenvalue weighted by Crippen LogP contribution is 2.34. The van der Waals surface area contributed by atoms with Gasteiger partial charge in [-0.25, -0.2) is 0 Å². The number of ketones is 3. The Morgan fingerprint density at radius 1 is 1.00 bits per heavy atom. The van der Waals surface area contributed by atoms with Crippen molar-refractivity contribution in [1.29, 1.82) is 0 Å². The van der Waals surface area contributed by atoms with Gasteiger partial charge in [-0.3, -0.25) is 14.4 Å². The van der Waals surface area contributed by atoms with E-state index in [0.717, 1.165) is 11.1 Å². The van der Waals surface area contributed by atoms with E-state index in [0.29, 0.717) is 5.56 Å². The van der Waals surface area contributed by atoms with E-state index in [1.54, 1.807) is 0 Å². The summed E-state index contributed by atoms with van der Waals surface area (Å²) >= 11 is 0. The normalized spacial score (nSPS) is 13.7. The van der Waals surface area contributed by atoms with Gasteiger partial charge in [0.25, 0.3) is 0 Å². The average molecular weight is 383 g/mol. The van der Waals surface area contributed by atoms with Crippen molar-refractivity contribution in [3.8, 4) is 0 Å². The maximum Gasteiger partial charge on any atom is 0.148 e. The molecule has 152 valence electrons. The fraction of sp³-hybridized carbons (Fsp3) is 0.480. The number of allylic oxidation sites excluding steroid dienone is 4. The van der Waals surface area contributed by atoms with Crippen molar-refractivity contribution >= 4 is 17.3 Å². The SMILES string of the molecule is CC(=O)CC(C(C)=O)(C(C)=O)c1cc(C)ccc1C.CCC1=CCCC(C)=C1. The van der Waals surface area contributed by atoms with Gasteiger partial charge in [0.05, 0.1) is 0 Å². The summed E-state index contributed by atoms with van der Waals surface area (Å²) in [7, 11) is 0. The molecular weight excluding hydrogens is 348 g/mol. The molecule has 0 spiro atoms. The maximum atomic E-state index is 12.1. The first-order valence-corrected chi connectivity index (χ1v) is 10.00. The monoisotopic (exact) mass is 382 g/mol. The van der Waals surface area contributed by atoms with E-state index >= 15 is 0 Å². The van der Waals surface area contributed by atoms with E-state index in [2.05, 4.69) is 26.0 Å². The van der Waals surface area contributed by atoms with Crippen molar-refractivity contribution < 1.29 is 14.4 Å². The number of benzene rings is 1. The third-order valence-electron chi connectivity index (χ3n) is 5.35. The van der Waals surface area contributed by atoms with Gasteiger partial charge >= 0.3 is 0 Å². The lowest BCUT2D eigenvalue weighted by Gasteiger charge is -2.30. The summed E-state index contributed by atoms with van der Waals surface area (Å²) in [6.45, 7) is 12.4. The number of hydrogen-bond acceptors (Lipinski definition) is 3. The van der Waals surface area contributed by atoms with Crippen LogP contribution in [0, 0.1) is 13.8 Å². The summed E-state index contributed by atoms with van der Waals surface area (Å²) in [5, 5.41) is 0. The lowest BCUT2D eigenvalue weighted by Crippen LogP contribution is -2.43. The van der Waals surface area contributed by atoms with E-state index in [1.807, 2.05) is 32.0 Å². The van der Waals surface area contributed by atoms with Crippen molar-refractivity contribution in [3.63, 3.8) is 0 Å². The van der Waals surface area contributed by atoms with Crippen molar-refractivity contribution in [3.05, 3.63) is 58.2 Å². The Morgan fingerprint density at radius 2 is 1.61 bits per heavy atom. The molecule has 0 bridgehead atoms. The van der Waals surface area contributed by atoms with Gasteiger partial charge in [-0.15, -0.1) is 0 Å². The summed E-state index contributed by atoms with van der Waals surface area (Å²) in [6, 6.07) is 5.64. The molecule has 1 aliphatic rings. The lowest BCUT2D eigenvalue weighted by atomic mass is 9.69. The molecule has 3 nitrogen and oxygen atoms in total. The third kappa shape index (κ3) is 5.85. The standard InChI is InChI=1S/C16H20O3.C9H14/c1-10-6-7-11(2)15(8-10)16(13(4)18,14(5)19)9-12(3)17;1-3-9-6-4-5-8(2)7-9/h6-8H,9H2,1-5H3;6-7H,3-5H2,1-2H3. The molecular formula is C25H34O3.